The SMILES string of the molecule is Cc1ccc(N(C)C2CN(C(=O)O)C2)cc1C(=O)N[C@H](C)c1c(O)ccc2ccccc12. The summed E-state index contributed by atoms with van der Waals surface area (Å²) in [6.07, 6.45) is -0.913. The number of fused-ring (bicyclic) bond motifs is 1. The van der Waals surface area contributed by atoms with E-state index in [4.69, 9.17) is 5.11 Å². The fourth-order valence-corrected chi connectivity index (χ4v) is 4.23. The van der Waals surface area contributed by atoms with Gasteiger partial charge in [0.2, 0.25) is 0 Å². The molecule has 3 aromatic carbocycles. The lowest BCUT2D eigenvalue weighted by molar-refractivity contribution is 0.0939. The zero-order valence-electron chi connectivity index (χ0n) is 18.4. The van der Waals surface area contributed by atoms with Gasteiger partial charge in [0.1, 0.15) is 5.75 Å². The number of phenolic OH excluding ortho intramolecular Hbond substituents is 1. The minimum atomic E-state index is -0.913. The summed E-state index contributed by atoms with van der Waals surface area (Å²) in [5, 5.41) is 24.5. The van der Waals surface area contributed by atoms with E-state index in [0.717, 1.165) is 22.0 Å². The molecule has 7 heteroatoms. The predicted octanol–water partition coefficient (Wildman–Crippen LogP) is 4.14. The van der Waals surface area contributed by atoms with Crippen molar-refractivity contribution in [3.8, 4) is 5.75 Å². The molecule has 3 aromatic rings. The van der Waals surface area contributed by atoms with E-state index in [0.29, 0.717) is 24.2 Å². The second-order valence-corrected chi connectivity index (χ2v) is 8.37. The smallest absolute Gasteiger partial charge is 0.407 e. The third-order valence-corrected chi connectivity index (χ3v) is 6.28. The second kappa shape index (κ2) is 8.42. The lowest BCUT2D eigenvalue weighted by Gasteiger charge is -2.43. The van der Waals surface area contributed by atoms with Crippen LogP contribution in [0.3, 0.4) is 0 Å². The largest absolute Gasteiger partial charge is 0.508 e. The summed E-state index contributed by atoms with van der Waals surface area (Å²) in [7, 11) is 1.91. The Morgan fingerprint density at radius 3 is 2.56 bits per heavy atom. The highest BCUT2D eigenvalue weighted by Gasteiger charge is 2.33. The van der Waals surface area contributed by atoms with Crippen LogP contribution in [0.1, 0.15) is 34.5 Å². The van der Waals surface area contributed by atoms with Gasteiger partial charge in [-0.2, -0.15) is 0 Å². The molecule has 1 saturated heterocycles. The average molecular weight is 434 g/mol. The van der Waals surface area contributed by atoms with Gasteiger partial charge in [-0.1, -0.05) is 36.4 Å². The Labute approximate surface area is 186 Å². The Morgan fingerprint density at radius 2 is 1.84 bits per heavy atom. The molecule has 1 atom stereocenters. The molecule has 166 valence electrons. The number of likely N-dealkylation sites (tertiary alicyclic amines) is 1. The molecule has 0 bridgehead atoms. The number of anilines is 1. The highest BCUT2D eigenvalue weighted by molar-refractivity contribution is 5.97. The van der Waals surface area contributed by atoms with E-state index in [9.17, 15) is 14.7 Å². The van der Waals surface area contributed by atoms with Crippen LogP contribution in [0.15, 0.2) is 54.6 Å². The third-order valence-electron chi connectivity index (χ3n) is 6.28. The predicted molar refractivity (Wildman–Crippen MR) is 124 cm³/mol. The van der Waals surface area contributed by atoms with Crippen LogP contribution >= 0.6 is 0 Å². The van der Waals surface area contributed by atoms with Crippen molar-refractivity contribution in [2.75, 3.05) is 25.0 Å². The van der Waals surface area contributed by atoms with E-state index >= 15 is 0 Å². The first kappa shape index (κ1) is 21.5. The number of rotatable bonds is 5. The van der Waals surface area contributed by atoms with Crippen molar-refractivity contribution in [1.29, 1.82) is 0 Å². The van der Waals surface area contributed by atoms with Crippen molar-refractivity contribution in [1.82, 2.24) is 10.2 Å². The molecule has 2 amide bonds. The maximum atomic E-state index is 13.2. The Hall–Kier alpha value is -3.74. The molecule has 3 N–H and O–H groups in total. The summed E-state index contributed by atoms with van der Waals surface area (Å²) in [6.45, 7) is 4.63. The molecule has 0 aromatic heterocycles. The number of aromatic hydroxyl groups is 1. The van der Waals surface area contributed by atoms with Gasteiger partial charge in [-0.3, -0.25) is 4.79 Å². The first-order valence-corrected chi connectivity index (χ1v) is 10.6. The van der Waals surface area contributed by atoms with E-state index in [1.807, 2.05) is 74.3 Å². The Kier molecular flexibility index (Phi) is 5.65. The molecular weight excluding hydrogens is 406 g/mol. The van der Waals surface area contributed by atoms with Gasteiger partial charge < -0.3 is 25.3 Å². The van der Waals surface area contributed by atoms with Crippen LogP contribution in [0.2, 0.25) is 0 Å². The second-order valence-electron chi connectivity index (χ2n) is 8.37. The fourth-order valence-electron chi connectivity index (χ4n) is 4.23. The number of hydrogen-bond donors (Lipinski definition) is 3. The molecule has 4 rings (SSSR count). The van der Waals surface area contributed by atoms with Gasteiger partial charge >= 0.3 is 6.09 Å². The summed E-state index contributed by atoms with van der Waals surface area (Å²) >= 11 is 0. The fraction of sp³-hybridized carbons (Fsp3) is 0.280. The van der Waals surface area contributed by atoms with Crippen LogP contribution < -0.4 is 10.2 Å². The van der Waals surface area contributed by atoms with Gasteiger partial charge in [-0.15, -0.1) is 0 Å². The molecule has 0 radical (unpaired) electrons. The number of amides is 2. The van der Waals surface area contributed by atoms with Crippen LogP contribution in [0.5, 0.6) is 5.75 Å². The lowest BCUT2D eigenvalue weighted by Crippen LogP contribution is -2.60. The minimum absolute atomic E-state index is 0.0799. The van der Waals surface area contributed by atoms with Crippen molar-refractivity contribution in [3.63, 3.8) is 0 Å². The lowest BCUT2D eigenvalue weighted by atomic mass is 9.97. The highest BCUT2D eigenvalue weighted by Crippen LogP contribution is 2.32. The highest BCUT2D eigenvalue weighted by atomic mass is 16.4. The quantitative estimate of drug-likeness (QED) is 0.562. The molecule has 0 aliphatic carbocycles. The number of nitrogens with one attached hydrogen (secondary N) is 1. The topological polar surface area (TPSA) is 93.1 Å². The number of benzene rings is 3. The number of hydrogen-bond acceptors (Lipinski definition) is 4. The maximum absolute atomic E-state index is 13.2. The van der Waals surface area contributed by atoms with Gasteiger partial charge in [0.05, 0.1) is 12.1 Å². The van der Waals surface area contributed by atoms with E-state index < -0.39 is 12.1 Å². The number of nitrogens with zero attached hydrogens (tertiary/aromatic N) is 2. The van der Waals surface area contributed by atoms with Crippen LogP contribution in [0, 0.1) is 6.92 Å². The van der Waals surface area contributed by atoms with Gasteiger partial charge in [-0.25, -0.2) is 4.79 Å². The first-order valence-electron chi connectivity index (χ1n) is 10.6. The van der Waals surface area contributed by atoms with E-state index in [2.05, 4.69) is 5.32 Å². The molecule has 0 saturated carbocycles. The summed E-state index contributed by atoms with van der Waals surface area (Å²) in [4.78, 5) is 27.6. The molecule has 1 fully saturated rings. The zero-order valence-corrected chi connectivity index (χ0v) is 18.4. The molecule has 0 unspecified atom stereocenters. The van der Waals surface area contributed by atoms with Gasteiger partial charge in [0.25, 0.3) is 5.91 Å². The van der Waals surface area contributed by atoms with Crippen molar-refractivity contribution >= 4 is 28.5 Å². The molecule has 1 aliphatic heterocycles. The van der Waals surface area contributed by atoms with Crippen molar-refractivity contribution < 1.29 is 19.8 Å². The molecule has 1 heterocycles. The molecule has 1 aliphatic rings. The molecule has 0 spiro atoms. The Morgan fingerprint density at radius 1 is 1.12 bits per heavy atom. The zero-order chi connectivity index (χ0) is 23.0. The number of carboxylic acid groups (broad SMARTS) is 1. The van der Waals surface area contributed by atoms with Crippen LogP contribution in [0.4, 0.5) is 10.5 Å². The minimum Gasteiger partial charge on any atom is -0.508 e. The first-order chi connectivity index (χ1) is 15.3. The summed E-state index contributed by atoms with van der Waals surface area (Å²) < 4.78 is 0. The standard InChI is InChI=1S/C25H27N3O4/c1-15-8-10-18(27(3)19-13-28(14-19)25(31)32)12-21(15)24(30)26-16(2)23-20-7-5-4-6-17(20)9-11-22(23)29/h4-12,16,19,29H,13-14H2,1-3H3,(H,26,30)(H,31,32)/t16-/m1/s1. The number of likely N-dealkylation sites (N-methyl/N-ethyl adjacent to an activating group) is 1. The Bertz CT molecular complexity index is 1190. The van der Waals surface area contributed by atoms with E-state index in [-0.39, 0.29) is 17.7 Å². The third kappa shape index (κ3) is 3.93. The number of phenols is 1. The van der Waals surface area contributed by atoms with Crippen molar-refractivity contribution in [3.05, 3.63) is 71.3 Å². The van der Waals surface area contributed by atoms with Gasteiger partial charge in [-0.05, 0) is 48.4 Å². The summed E-state index contributed by atoms with van der Waals surface area (Å²) in [6, 6.07) is 16.6. The molecular formula is C25H27N3O4. The Balaban J connectivity index is 1.55. The van der Waals surface area contributed by atoms with Crippen LogP contribution in [0.25, 0.3) is 10.8 Å². The van der Waals surface area contributed by atoms with Crippen LogP contribution in [-0.4, -0.2) is 53.3 Å². The van der Waals surface area contributed by atoms with Gasteiger partial charge in [0, 0.05) is 37.0 Å². The number of carbonyl (C=O) groups is 2. The van der Waals surface area contributed by atoms with Crippen molar-refractivity contribution in [2.24, 2.45) is 0 Å². The maximum Gasteiger partial charge on any atom is 0.407 e. The van der Waals surface area contributed by atoms with E-state index in [1.54, 1.807) is 6.07 Å². The average Bonchev–Trinajstić information content (AvgIpc) is 2.72. The normalized spacial score (nSPS) is 14.7. The molecule has 32 heavy (non-hydrogen) atoms. The monoisotopic (exact) mass is 433 g/mol. The summed E-state index contributed by atoms with van der Waals surface area (Å²) in [5.74, 6) is -0.0759. The number of aryl methyl sites for hydroxylation is 1. The molecule has 7 nitrogen and oxygen atoms in total. The summed E-state index contributed by atoms with van der Waals surface area (Å²) in [5.41, 5.74) is 2.94. The van der Waals surface area contributed by atoms with Crippen molar-refractivity contribution in [2.45, 2.75) is 25.9 Å². The van der Waals surface area contributed by atoms with Crippen LogP contribution in [-0.2, 0) is 0 Å². The number of carbonyl (C=O) groups excluding carboxylic acids is 1. The van der Waals surface area contributed by atoms with E-state index in [1.165, 1.54) is 4.90 Å². The van der Waals surface area contributed by atoms with Gasteiger partial charge in [0.15, 0.2) is 0 Å².